The Morgan fingerprint density at radius 3 is 3.06 bits per heavy atom. The number of hydrogen-bond donors (Lipinski definition) is 1. The molecule has 2 fully saturated rings. The van der Waals surface area contributed by atoms with E-state index in [0.29, 0.717) is 18.5 Å². The highest BCUT2D eigenvalue weighted by molar-refractivity contribution is 7.09. The molecular weight excluding hydrogens is 236 g/mol. The SMILES string of the molecule is CC1COC(CN)CN1c1nc(C2CC2)ns1. The van der Waals surface area contributed by atoms with E-state index in [-0.39, 0.29) is 6.10 Å². The van der Waals surface area contributed by atoms with E-state index in [4.69, 9.17) is 10.5 Å². The minimum Gasteiger partial charge on any atom is -0.373 e. The predicted octanol–water partition coefficient (Wildman–Crippen LogP) is 0.968. The molecule has 0 bridgehead atoms. The van der Waals surface area contributed by atoms with Gasteiger partial charge in [0.1, 0.15) is 5.82 Å². The molecule has 2 N–H and O–H groups in total. The normalized spacial score (nSPS) is 29.6. The highest BCUT2D eigenvalue weighted by Gasteiger charge is 2.31. The fourth-order valence-electron chi connectivity index (χ4n) is 2.08. The van der Waals surface area contributed by atoms with Gasteiger partial charge in [0.2, 0.25) is 5.13 Å². The lowest BCUT2D eigenvalue weighted by atomic mass is 10.2. The van der Waals surface area contributed by atoms with Crippen molar-refractivity contribution < 1.29 is 4.74 Å². The van der Waals surface area contributed by atoms with Crippen LogP contribution < -0.4 is 10.6 Å². The van der Waals surface area contributed by atoms with E-state index in [0.717, 1.165) is 24.1 Å². The zero-order valence-corrected chi connectivity index (χ0v) is 10.8. The Kier molecular flexibility index (Phi) is 3.02. The van der Waals surface area contributed by atoms with Gasteiger partial charge in [-0.25, -0.2) is 4.98 Å². The summed E-state index contributed by atoms with van der Waals surface area (Å²) in [7, 11) is 0. The number of nitrogens with zero attached hydrogens (tertiary/aromatic N) is 3. The number of anilines is 1. The molecule has 2 atom stereocenters. The molecule has 2 heterocycles. The van der Waals surface area contributed by atoms with Gasteiger partial charge in [-0.3, -0.25) is 0 Å². The average Bonchev–Trinajstić information content (AvgIpc) is 3.09. The summed E-state index contributed by atoms with van der Waals surface area (Å²) in [5.41, 5.74) is 5.67. The second kappa shape index (κ2) is 4.51. The molecule has 0 spiro atoms. The van der Waals surface area contributed by atoms with E-state index in [1.165, 1.54) is 24.4 Å². The van der Waals surface area contributed by atoms with E-state index in [1.807, 2.05) is 0 Å². The van der Waals surface area contributed by atoms with Crippen LogP contribution in [0.4, 0.5) is 5.13 Å². The predicted molar refractivity (Wildman–Crippen MR) is 67.5 cm³/mol. The first kappa shape index (κ1) is 11.4. The molecule has 2 aliphatic rings. The van der Waals surface area contributed by atoms with E-state index in [1.54, 1.807) is 0 Å². The molecule has 0 radical (unpaired) electrons. The van der Waals surface area contributed by atoms with Crippen LogP contribution in [0.25, 0.3) is 0 Å². The number of rotatable bonds is 3. The Hall–Kier alpha value is -0.720. The van der Waals surface area contributed by atoms with Crippen LogP contribution in [-0.4, -0.2) is 41.2 Å². The summed E-state index contributed by atoms with van der Waals surface area (Å²) in [5, 5.41) is 1.03. The summed E-state index contributed by atoms with van der Waals surface area (Å²) in [5.74, 6) is 1.66. The van der Waals surface area contributed by atoms with E-state index in [2.05, 4.69) is 21.2 Å². The second-order valence-electron chi connectivity index (χ2n) is 4.90. The first-order valence-electron chi connectivity index (χ1n) is 6.20. The molecule has 6 heteroatoms. The van der Waals surface area contributed by atoms with Gasteiger partial charge in [-0.05, 0) is 19.8 Å². The molecule has 1 saturated heterocycles. The van der Waals surface area contributed by atoms with Crippen molar-refractivity contribution >= 4 is 16.7 Å². The third kappa shape index (κ3) is 2.29. The Labute approximate surface area is 105 Å². The van der Waals surface area contributed by atoms with Crippen molar-refractivity contribution in [2.24, 2.45) is 5.73 Å². The number of hydrogen-bond acceptors (Lipinski definition) is 6. The molecule has 1 aliphatic carbocycles. The minimum atomic E-state index is 0.125. The minimum absolute atomic E-state index is 0.125. The quantitative estimate of drug-likeness (QED) is 0.870. The maximum Gasteiger partial charge on any atom is 0.205 e. The topological polar surface area (TPSA) is 64.3 Å². The third-order valence-electron chi connectivity index (χ3n) is 3.39. The van der Waals surface area contributed by atoms with Crippen molar-refractivity contribution in [3.63, 3.8) is 0 Å². The van der Waals surface area contributed by atoms with E-state index < -0.39 is 0 Å². The Morgan fingerprint density at radius 2 is 2.35 bits per heavy atom. The van der Waals surface area contributed by atoms with Crippen molar-refractivity contribution in [2.75, 3.05) is 24.6 Å². The van der Waals surface area contributed by atoms with E-state index >= 15 is 0 Å². The fraction of sp³-hybridized carbons (Fsp3) is 0.818. The summed E-state index contributed by atoms with van der Waals surface area (Å²) in [6.45, 7) is 4.28. The molecule has 0 aromatic carbocycles. The highest BCUT2D eigenvalue weighted by Crippen LogP contribution is 2.40. The molecule has 5 nitrogen and oxygen atoms in total. The van der Waals surface area contributed by atoms with Crippen LogP contribution in [0.15, 0.2) is 0 Å². The lowest BCUT2D eigenvalue weighted by Gasteiger charge is -2.37. The molecule has 94 valence electrons. The molecular formula is C11H18N4OS. The molecule has 2 unspecified atom stereocenters. The number of ether oxygens (including phenoxy) is 1. The van der Waals surface area contributed by atoms with Crippen molar-refractivity contribution in [1.29, 1.82) is 0 Å². The Bertz CT molecular complexity index is 393. The Balaban J connectivity index is 1.75. The van der Waals surface area contributed by atoms with Gasteiger partial charge in [0, 0.05) is 30.5 Å². The summed E-state index contributed by atoms with van der Waals surface area (Å²) < 4.78 is 10.1. The number of nitrogens with two attached hydrogens (primary N) is 1. The Morgan fingerprint density at radius 1 is 1.53 bits per heavy atom. The molecule has 17 heavy (non-hydrogen) atoms. The second-order valence-corrected chi connectivity index (χ2v) is 5.63. The molecule has 1 aromatic heterocycles. The third-order valence-corrected chi connectivity index (χ3v) is 4.16. The van der Waals surface area contributed by atoms with Crippen LogP contribution in [0.5, 0.6) is 0 Å². The van der Waals surface area contributed by atoms with Crippen molar-refractivity contribution in [3.05, 3.63) is 5.82 Å². The van der Waals surface area contributed by atoms with Crippen LogP contribution in [0.2, 0.25) is 0 Å². The zero-order valence-electron chi connectivity index (χ0n) is 10.0. The van der Waals surface area contributed by atoms with Gasteiger partial charge in [-0.2, -0.15) is 4.37 Å². The molecule has 1 saturated carbocycles. The highest BCUT2D eigenvalue weighted by atomic mass is 32.1. The number of aromatic nitrogens is 2. The average molecular weight is 254 g/mol. The van der Waals surface area contributed by atoms with Gasteiger partial charge in [0.25, 0.3) is 0 Å². The lowest BCUT2D eigenvalue weighted by molar-refractivity contribution is 0.0283. The summed E-state index contributed by atoms with van der Waals surface area (Å²) in [4.78, 5) is 6.93. The van der Waals surface area contributed by atoms with Gasteiger partial charge in [0.15, 0.2) is 0 Å². The first-order valence-corrected chi connectivity index (χ1v) is 6.97. The van der Waals surface area contributed by atoms with Crippen LogP contribution >= 0.6 is 11.5 Å². The standard InChI is InChI=1S/C11H18N4OS/c1-7-6-16-9(4-12)5-15(7)11-13-10(14-17-11)8-2-3-8/h7-9H,2-6,12H2,1H3. The van der Waals surface area contributed by atoms with E-state index in [9.17, 15) is 0 Å². The van der Waals surface area contributed by atoms with Crippen LogP contribution in [-0.2, 0) is 4.74 Å². The summed E-state index contributed by atoms with van der Waals surface area (Å²) in [6, 6.07) is 0.359. The van der Waals surface area contributed by atoms with Gasteiger partial charge >= 0.3 is 0 Å². The summed E-state index contributed by atoms with van der Waals surface area (Å²) in [6.07, 6.45) is 2.63. The molecule has 1 aliphatic heterocycles. The fourth-order valence-corrected chi connectivity index (χ4v) is 2.94. The largest absolute Gasteiger partial charge is 0.373 e. The van der Waals surface area contributed by atoms with Crippen LogP contribution in [0.3, 0.4) is 0 Å². The number of morpholine rings is 1. The molecule has 3 rings (SSSR count). The maximum atomic E-state index is 5.67. The van der Waals surface area contributed by atoms with Crippen molar-refractivity contribution in [2.45, 2.75) is 37.8 Å². The zero-order chi connectivity index (χ0) is 11.8. The van der Waals surface area contributed by atoms with Gasteiger partial charge < -0.3 is 15.4 Å². The van der Waals surface area contributed by atoms with Crippen LogP contribution in [0, 0.1) is 0 Å². The van der Waals surface area contributed by atoms with Gasteiger partial charge in [-0.1, -0.05) is 0 Å². The van der Waals surface area contributed by atoms with Crippen molar-refractivity contribution in [3.8, 4) is 0 Å². The van der Waals surface area contributed by atoms with Gasteiger partial charge in [-0.15, -0.1) is 0 Å². The van der Waals surface area contributed by atoms with Gasteiger partial charge in [0.05, 0.1) is 18.8 Å². The summed E-state index contributed by atoms with van der Waals surface area (Å²) >= 11 is 1.51. The molecule has 0 amide bonds. The molecule has 1 aromatic rings. The maximum absolute atomic E-state index is 5.67. The van der Waals surface area contributed by atoms with Crippen LogP contribution in [0.1, 0.15) is 31.5 Å². The smallest absolute Gasteiger partial charge is 0.205 e. The van der Waals surface area contributed by atoms with Crippen molar-refractivity contribution in [1.82, 2.24) is 9.36 Å². The first-order chi connectivity index (χ1) is 8.28. The monoisotopic (exact) mass is 254 g/mol. The lowest BCUT2D eigenvalue weighted by Crippen LogP contribution is -2.50.